The summed E-state index contributed by atoms with van der Waals surface area (Å²) in [5.74, 6) is 0.128. The molecular formula is C13H13BrN2O. The second-order valence-electron chi connectivity index (χ2n) is 4.08. The van der Waals surface area contributed by atoms with Crippen LogP contribution in [0.1, 0.15) is 21.5 Å². The van der Waals surface area contributed by atoms with E-state index in [9.17, 15) is 4.79 Å². The summed E-state index contributed by atoms with van der Waals surface area (Å²) in [6.45, 7) is 1.95. The SMILES string of the molecule is Cc1cc(Br)ccc1C(=O)Cc1cnn(C)c1. The van der Waals surface area contributed by atoms with Crippen molar-refractivity contribution in [3.05, 3.63) is 51.8 Å². The van der Waals surface area contributed by atoms with E-state index in [1.807, 2.05) is 38.4 Å². The largest absolute Gasteiger partial charge is 0.294 e. The maximum Gasteiger partial charge on any atom is 0.167 e. The summed E-state index contributed by atoms with van der Waals surface area (Å²) >= 11 is 3.39. The maximum absolute atomic E-state index is 12.1. The van der Waals surface area contributed by atoms with Gasteiger partial charge in [0, 0.05) is 29.7 Å². The number of ketones is 1. The first-order chi connectivity index (χ1) is 8.06. The summed E-state index contributed by atoms with van der Waals surface area (Å²) < 4.78 is 2.70. The fraction of sp³-hybridized carbons (Fsp3) is 0.231. The van der Waals surface area contributed by atoms with Gasteiger partial charge in [-0.25, -0.2) is 0 Å². The number of rotatable bonds is 3. The highest BCUT2D eigenvalue weighted by atomic mass is 79.9. The van der Waals surface area contributed by atoms with Gasteiger partial charge in [-0.2, -0.15) is 5.10 Å². The van der Waals surface area contributed by atoms with Crippen LogP contribution in [0.4, 0.5) is 0 Å². The van der Waals surface area contributed by atoms with Gasteiger partial charge in [0.1, 0.15) is 0 Å². The smallest absolute Gasteiger partial charge is 0.167 e. The molecule has 88 valence electrons. The number of hydrogen-bond donors (Lipinski definition) is 0. The average molecular weight is 293 g/mol. The Balaban J connectivity index is 2.20. The molecule has 0 saturated heterocycles. The van der Waals surface area contributed by atoms with Crippen molar-refractivity contribution in [3.63, 3.8) is 0 Å². The van der Waals surface area contributed by atoms with Gasteiger partial charge in [-0.1, -0.05) is 22.0 Å². The monoisotopic (exact) mass is 292 g/mol. The van der Waals surface area contributed by atoms with Gasteiger partial charge in [0.15, 0.2) is 5.78 Å². The Morgan fingerprint density at radius 3 is 2.82 bits per heavy atom. The Morgan fingerprint density at radius 2 is 2.24 bits per heavy atom. The quantitative estimate of drug-likeness (QED) is 0.816. The van der Waals surface area contributed by atoms with Crippen LogP contribution in [-0.4, -0.2) is 15.6 Å². The zero-order chi connectivity index (χ0) is 12.4. The van der Waals surface area contributed by atoms with Gasteiger partial charge < -0.3 is 0 Å². The minimum atomic E-state index is 0.128. The average Bonchev–Trinajstić information content (AvgIpc) is 2.63. The lowest BCUT2D eigenvalue weighted by atomic mass is 10.0. The number of carbonyl (C=O) groups is 1. The Morgan fingerprint density at radius 1 is 1.47 bits per heavy atom. The Labute approximate surface area is 109 Å². The summed E-state index contributed by atoms with van der Waals surface area (Å²) in [6, 6.07) is 5.71. The molecule has 0 spiro atoms. The molecule has 0 aliphatic carbocycles. The Bertz CT molecular complexity index is 560. The first-order valence-electron chi connectivity index (χ1n) is 5.33. The molecule has 0 aliphatic heterocycles. The third-order valence-electron chi connectivity index (χ3n) is 2.61. The molecule has 1 aromatic carbocycles. The third kappa shape index (κ3) is 2.82. The molecule has 1 aromatic heterocycles. The molecule has 17 heavy (non-hydrogen) atoms. The van der Waals surface area contributed by atoms with E-state index in [4.69, 9.17) is 0 Å². The molecular weight excluding hydrogens is 280 g/mol. The highest BCUT2D eigenvalue weighted by Crippen LogP contribution is 2.17. The van der Waals surface area contributed by atoms with Gasteiger partial charge in [0.25, 0.3) is 0 Å². The zero-order valence-electron chi connectivity index (χ0n) is 9.77. The van der Waals surface area contributed by atoms with Crippen molar-refractivity contribution in [1.29, 1.82) is 0 Å². The number of nitrogens with zero attached hydrogens (tertiary/aromatic N) is 2. The van der Waals surface area contributed by atoms with Crippen LogP contribution in [-0.2, 0) is 13.5 Å². The van der Waals surface area contributed by atoms with Gasteiger partial charge in [0.2, 0.25) is 0 Å². The molecule has 0 saturated carbocycles. The van der Waals surface area contributed by atoms with Gasteiger partial charge in [0.05, 0.1) is 6.20 Å². The molecule has 0 amide bonds. The number of hydrogen-bond acceptors (Lipinski definition) is 2. The van der Waals surface area contributed by atoms with Gasteiger partial charge in [-0.3, -0.25) is 9.48 Å². The van der Waals surface area contributed by atoms with Crippen molar-refractivity contribution in [2.24, 2.45) is 7.05 Å². The van der Waals surface area contributed by atoms with Crippen molar-refractivity contribution in [2.45, 2.75) is 13.3 Å². The van der Waals surface area contributed by atoms with E-state index in [1.54, 1.807) is 10.9 Å². The van der Waals surface area contributed by atoms with Crippen molar-refractivity contribution in [1.82, 2.24) is 9.78 Å². The second-order valence-corrected chi connectivity index (χ2v) is 5.00. The van der Waals surface area contributed by atoms with E-state index >= 15 is 0 Å². The topological polar surface area (TPSA) is 34.9 Å². The van der Waals surface area contributed by atoms with E-state index in [-0.39, 0.29) is 5.78 Å². The van der Waals surface area contributed by atoms with Gasteiger partial charge in [-0.15, -0.1) is 0 Å². The standard InChI is InChI=1S/C13H13BrN2O/c1-9-5-11(14)3-4-12(9)13(17)6-10-7-15-16(2)8-10/h3-5,7-8H,6H2,1-2H3. The maximum atomic E-state index is 12.1. The number of benzene rings is 1. The van der Waals surface area contributed by atoms with Crippen LogP contribution >= 0.6 is 15.9 Å². The van der Waals surface area contributed by atoms with E-state index in [1.165, 1.54) is 0 Å². The summed E-state index contributed by atoms with van der Waals surface area (Å²) in [5.41, 5.74) is 2.71. The van der Waals surface area contributed by atoms with Crippen LogP contribution in [0.15, 0.2) is 35.1 Å². The van der Waals surface area contributed by atoms with Crippen LogP contribution in [0.3, 0.4) is 0 Å². The second kappa shape index (κ2) is 4.84. The normalized spacial score (nSPS) is 10.5. The van der Waals surface area contributed by atoms with Crippen LogP contribution in [0, 0.1) is 6.92 Å². The first kappa shape index (κ1) is 12.0. The van der Waals surface area contributed by atoms with Crippen molar-refractivity contribution in [2.75, 3.05) is 0 Å². The lowest BCUT2D eigenvalue weighted by Gasteiger charge is -2.04. The van der Waals surface area contributed by atoms with Crippen molar-refractivity contribution >= 4 is 21.7 Å². The van der Waals surface area contributed by atoms with E-state index in [0.717, 1.165) is 21.2 Å². The molecule has 0 atom stereocenters. The number of Topliss-reactive ketones (excluding diaryl/α,β-unsaturated/α-hetero) is 1. The van der Waals surface area contributed by atoms with Crippen LogP contribution in [0.5, 0.6) is 0 Å². The summed E-state index contributed by atoms with van der Waals surface area (Å²) in [7, 11) is 1.85. The molecule has 2 aromatic rings. The minimum absolute atomic E-state index is 0.128. The summed E-state index contributed by atoms with van der Waals surface area (Å²) in [6.07, 6.45) is 3.99. The predicted molar refractivity (Wildman–Crippen MR) is 70.1 cm³/mol. The zero-order valence-corrected chi connectivity index (χ0v) is 11.4. The number of halogens is 1. The minimum Gasteiger partial charge on any atom is -0.294 e. The number of aromatic nitrogens is 2. The molecule has 2 rings (SSSR count). The van der Waals surface area contributed by atoms with Crippen molar-refractivity contribution < 1.29 is 4.79 Å². The number of aryl methyl sites for hydroxylation is 2. The highest BCUT2D eigenvalue weighted by molar-refractivity contribution is 9.10. The number of carbonyl (C=O) groups excluding carboxylic acids is 1. The fourth-order valence-corrected chi connectivity index (χ4v) is 2.26. The van der Waals surface area contributed by atoms with Gasteiger partial charge in [-0.05, 0) is 30.2 Å². The Kier molecular flexibility index (Phi) is 3.43. The van der Waals surface area contributed by atoms with Crippen LogP contribution in [0.25, 0.3) is 0 Å². The molecule has 0 unspecified atom stereocenters. The first-order valence-corrected chi connectivity index (χ1v) is 6.12. The summed E-state index contributed by atoms with van der Waals surface area (Å²) in [5, 5.41) is 4.06. The Hall–Kier alpha value is -1.42. The lowest BCUT2D eigenvalue weighted by molar-refractivity contribution is 0.0992. The lowest BCUT2D eigenvalue weighted by Crippen LogP contribution is -2.05. The molecule has 3 nitrogen and oxygen atoms in total. The fourth-order valence-electron chi connectivity index (χ4n) is 1.78. The molecule has 0 aliphatic rings. The summed E-state index contributed by atoms with van der Waals surface area (Å²) in [4.78, 5) is 12.1. The molecule has 4 heteroatoms. The molecule has 1 heterocycles. The predicted octanol–water partition coefficient (Wildman–Crippen LogP) is 2.92. The van der Waals surface area contributed by atoms with E-state index in [2.05, 4.69) is 21.0 Å². The van der Waals surface area contributed by atoms with Crippen LogP contribution in [0.2, 0.25) is 0 Å². The molecule has 0 bridgehead atoms. The van der Waals surface area contributed by atoms with Gasteiger partial charge >= 0.3 is 0 Å². The molecule has 0 fully saturated rings. The third-order valence-corrected chi connectivity index (χ3v) is 3.11. The van der Waals surface area contributed by atoms with E-state index < -0.39 is 0 Å². The molecule has 0 N–H and O–H groups in total. The van der Waals surface area contributed by atoms with E-state index in [0.29, 0.717) is 6.42 Å². The highest BCUT2D eigenvalue weighted by Gasteiger charge is 2.11. The van der Waals surface area contributed by atoms with Crippen LogP contribution < -0.4 is 0 Å². The van der Waals surface area contributed by atoms with Crippen molar-refractivity contribution in [3.8, 4) is 0 Å². The molecule has 0 radical (unpaired) electrons.